The molecule has 2 aromatic carbocycles. The van der Waals surface area contributed by atoms with Crippen LogP contribution in [0.4, 0.5) is 13.6 Å². The number of aliphatic hydroxyl groups excluding tert-OH is 1. The molecule has 1 aliphatic heterocycles. The summed E-state index contributed by atoms with van der Waals surface area (Å²) >= 11 is 1.00. The number of rotatable bonds is 7. The van der Waals surface area contributed by atoms with E-state index in [4.69, 9.17) is 20.6 Å². The molecule has 2 aromatic rings. The van der Waals surface area contributed by atoms with Crippen molar-refractivity contribution in [2.24, 2.45) is 10.7 Å². The minimum absolute atomic E-state index is 0.0593. The van der Waals surface area contributed by atoms with Crippen molar-refractivity contribution < 1.29 is 23.4 Å². The molecule has 1 fully saturated rings. The van der Waals surface area contributed by atoms with Crippen LogP contribution in [0, 0.1) is 11.8 Å². The minimum atomic E-state index is -2.92. The number of alkyl halides is 2. The van der Waals surface area contributed by atoms with Crippen molar-refractivity contribution in [1.82, 2.24) is 4.90 Å². The van der Waals surface area contributed by atoms with Gasteiger partial charge in [0.25, 0.3) is 5.24 Å². The first-order valence-corrected chi connectivity index (χ1v) is 11.8. The molecule has 34 heavy (non-hydrogen) atoms. The zero-order valence-electron chi connectivity index (χ0n) is 18.6. The molecule has 0 unspecified atom stereocenters. The summed E-state index contributed by atoms with van der Waals surface area (Å²) in [6.07, 6.45) is 2.92. The second-order valence-corrected chi connectivity index (χ2v) is 9.30. The number of aliphatic hydroxyl groups is 1. The number of amides is 1. The van der Waals surface area contributed by atoms with Crippen molar-refractivity contribution in [3.63, 3.8) is 0 Å². The number of halogens is 2. The van der Waals surface area contributed by atoms with Crippen molar-refractivity contribution in [3.8, 4) is 17.6 Å². The molecule has 0 saturated heterocycles. The van der Waals surface area contributed by atoms with Crippen LogP contribution in [-0.4, -0.2) is 41.5 Å². The summed E-state index contributed by atoms with van der Waals surface area (Å²) in [6.45, 7) is -2.85. The normalized spacial score (nSPS) is 20.1. The maximum Gasteiger partial charge on any atom is 0.387 e. The Morgan fingerprint density at radius 2 is 2.06 bits per heavy atom. The van der Waals surface area contributed by atoms with Crippen LogP contribution >= 0.6 is 11.8 Å². The van der Waals surface area contributed by atoms with Crippen molar-refractivity contribution in [3.05, 3.63) is 64.7 Å². The average molecular weight is 486 g/mol. The van der Waals surface area contributed by atoms with Crippen molar-refractivity contribution in [2.75, 3.05) is 13.7 Å². The summed E-state index contributed by atoms with van der Waals surface area (Å²) in [5.74, 6) is 6.43. The number of hydrogen-bond acceptors (Lipinski definition) is 6. The van der Waals surface area contributed by atoms with Gasteiger partial charge in [-0.1, -0.05) is 30.0 Å². The number of carbonyl (C=O) groups is 1. The fourth-order valence-electron chi connectivity index (χ4n) is 3.78. The highest BCUT2D eigenvalue weighted by Crippen LogP contribution is 2.51. The van der Waals surface area contributed by atoms with Crippen LogP contribution in [0.1, 0.15) is 53.9 Å². The highest BCUT2D eigenvalue weighted by atomic mass is 32.2. The maximum atomic E-state index is 13.0. The van der Waals surface area contributed by atoms with Gasteiger partial charge < -0.3 is 15.6 Å². The Kier molecular flexibility index (Phi) is 7.10. The third kappa shape index (κ3) is 5.03. The second kappa shape index (κ2) is 10.0. The van der Waals surface area contributed by atoms with Gasteiger partial charge in [-0.15, -0.1) is 0 Å². The Labute approximate surface area is 201 Å². The van der Waals surface area contributed by atoms with Gasteiger partial charge in [-0.05, 0) is 77.9 Å². The van der Waals surface area contributed by atoms with Gasteiger partial charge in [0.2, 0.25) is 5.96 Å². The number of nitrogens with two attached hydrogens (primary N) is 1. The summed E-state index contributed by atoms with van der Waals surface area (Å²) in [4.78, 5) is 17.7. The van der Waals surface area contributed by atoms with E-state index < -0.39 is 11.5 Å². The third-order valence-corrected chi connectivity index (χ3v) is 7.01. The molecule has 0 radical (unpaired) electrons. The lowest BCUT2D eigenvalue weighted by Crippen LogP contribution is -2.45. The van der Waals surface area contributed by atoms with E-state index in [9.17, 15) is 13.6 Å². The van der Waals surface area contributed by atoms with E-state index in [1.165, 1.54) is 11.0 Å². The van der Waals surface area contributed by atoms with E-state index >= 15 is 0 Å². The van der Waals surface area contributed by atoms with Crippen molar-refractivity contribution in [2.45, 2.75) is 43.1 Å². The van der Waals surface area contributed by atoms with Crippen LogP contribution in [0.3, 0.4) is 0 Å². The van der Waals surface area contributed by atoms with E-state index in [2.05, 4.69) is 11.8 Å². The number of benzene rings is 2. The Bertz CT molecular complexity index is 1170. The minimum Gasteiger partial charge on any atom is -0.435 e. The fraction of sp³-hybridized carbons (Fsp3) is 0.360. The summed E-state index contributed by atoms with van der Waals surface area (Å²) < 4.78 is 30.7. The molecule has 9 heteroatoms. The van der Waals surface area contributed by atoms with Crippen LogP contribution < -0.4 is 10.5 Å². The summed E-state index contributed by atoms with van der Waals surface area (Å²) in [5, 5.41) is 8.67. The van der Waals surface area contributed by atoms with Gasteiger partial charge in [-0.25, -0.2) is 4.99 Å². The van der Waals surface area contributed by atoms with E-state index in [0.717, 1.165) is 30.2 Å². The smallest absolute Gasteiger partial charge is 0.387 e. The lowest BCUT2D eigenvalue weighted by Gasteiger charge is -2.36. The maximum absolute atomic E-state index is 13.0. The number of nitrogens with zero attached hydrogens (tertiary/aromatic N) is 2. The van der Waals surface area contributed by atoms with E-state index in [1.54, 1.807) is 19.2 Å². The van der Waals surface area contributed by atoms with Crippen LogP contribution in [-0.2, 0) is 4.87 Å². The predicted octanol–water partition coefficient (Wildman–Crippen LogP) is 4.60. The zero-order valence-corrected chi connectivity index (χ0v) is 19.4. The summed E-state index contributed by atoms with van der Waals surface area (Å²) in [7, 11) is 1.55. The van der Waals surface area contributed by atoms with E-state index in [0.29, 0.717) is 29.5 Å². The Morgan fingerprint density at radius 1 is 1.29 bits per heavy atom. The van der Waals surface area contributed by atoms with Crippen molar-refractivity contribution >= 4 is 23.0 Å². The third-order valence-electron chi connectivity index (χ3n) is 5.71. The number of aliphatic imine (C=N–C) groups is 1. The zero-order chi connectivity index (χ0) is 24.3. The lowest BCUT2D eigenvalue weighted by molar-refractivity contribution is -0.0504. The number of ether oxygens (including phenoxy) is 1. The number of unbranched alkanes of at least 4 members (excludes halogenated alkanes) is 1. The number of carbonyl (C=O) groups excluding carboxylic acids is 1. The van der Waals surface area contributed by atoms with Gasteiger partial charge in [-0.3, -0.25) is 9.69 Å². The van der Waals surface area contributed by atoms with Crippen molar-refractivity contribution in [1.29, 1.82) is 0 Å². The van der Waals surface area contributed by atoms with Gasteiger partial charge >= 0.3 is 6.61 Å². The Hall–Kier alpha value is -3.09. The molecule has 1 aliphatic carbocycles. The second-order valence-electron chi connectivity index (χ2n) is 8.16. The molecule has 0 bridgehead atoms. The quantitative estimate of drug-likeness (QED) is 0.442. The summed E-state index contributed by atoms with van der Waals surface area (Å²) in [5.41, 5.74) is 8.90. The van der Waals surface area contributed by atoms with Gasteiger partial charge in [0.05, 0.1) is 0 Å². The average Bonchev–Trinajstić information content (AvgIpc) is 3.65. The summed E-state index contributed by atoms with van der Waals surface area (Å²) in [6, 6.07) is 12.4. The molecular weight excluding hydrogens is 460 g/mol. The van der Waals surface area contributed by atoms with Crippen LogP contribution in [0.2, 0.25) is 0 Å². The van der Waals surface area contributed by atoms with Gasteiger partial charge in [-0.2, -0.15) is 8.78 Å². The first kappa shape index (κ1) is 24.0. The molecule has 0 aromatic heterocycles. The molecule has 1 saturated carbocycles. The van der Waals surface area contributed by atoms with Crippen LogP contribution in [0.5, 0.6) is 5.75 Å². The number of hydrogen-bond donors (Lipinski definition) is 2. The van der Waals surface area contributed by atoms with Crippen LogP contribution in [0.25, 0.3) is 0 Å². The standard InChI is InChI=1S/C25H25F2N3O3S/c1-30-23(28)29-25(34-24(30)32,18-8-5-7-16(14-18)6-3-2-4-13-31)19-11-12-21(33-22(26)27)20(15-19)17-9-10-17/h5,7-8,11-12,14-15,17,22,31H,2,4,9-10,13H2,1H3,(H2,28,29)/t25-/m1/s1. The number of thioether (sulfide) groups is 1. The van der Waals surface area contributed by atoms with Crippen LogP contribution in [0.15, 0.2) is 47.5 Å². The van der Waals surface area contributed by atoms with E-state index in [1.807, 2.05) is 24.3 Å². The monoisotopic (exact) mass is 485 g/mol. The SMILES string of the molecule is CN1C(=O)S[C@](c2cccc(C#CCCCO)c2)(c2ccc(OC(F)F)c(C3CC3)c2)N=C1N. The lowest BCUT2D eigenvalue weighted by atomic mass is 9.94. The largest absolute Gasteiger partial charge is 0.435 e. The fourth-order valence-corrected chi connectivity index (χ4v) is 4.89. The molecule has 4 rings (SSSR count). The first-order valence-electron chi connectivity index (χ1n) is 11.0. The topological polar surface area (TPSA) is 88.2 Å². The molecule has 0 spiro atoms. The molecule has 3 N–H and O–H groups in total. The molecule has 6 nitrogen and oxygen atoms in total. The highest BCUT2D eigenvalue weighted by Gasteiger charge is 2.44. The molecular formula is C25H25F2N3O3S. The van der Waals surface area contributed by atoms with E-state index in [-0.39, 0.29) is 29.5 Å². The highest BCUT2D eigenvalue weighted by molar-refractivity contribution is 8.14. The molecule has 178 valence electrons. The predicted molar refractivity (Wildman–Crippen MR) is 128 cm³/mol. The molecule has 1 amide bonds. The molecule has 1 heterocycles. The first-order chi connectivity index (χ1) is 16.3. The number of guanidine groups is 1. The van der Waals surface area contributed by atoms with Gasteiger partial charge in [0.15, 0.2) is 4.87 Å². The van der Waals surface area contributed by atoms with Gasteiger partial charge in [0, 0.05) is 25.6 Å². The van der Waals surface area contributed by atoms with Gasteiger partial charge in [0.1, 0.15) is 5.75 Å². The molecule has 1 atom stereocenters. The Morgan fingerprint density at radius 3 is 2.74 bits per heavy atom. The molecule has 2 aliphatic rings. The Balaban J connectivity index is 1.84.